The normalized spacial score (nSPS) is 16.5. The van der Waals surface area contributed by atoms with Crippen molar-refractivity contribution in [3.05, 3.63) is 40.4 Å². The van der Waals surface area contributed by atoms with Crippen LogP contribution in [0.15, 0.2) is 29.1 Å². The van der Waals surface area contributed by atoms with Crippen LogP contribution in [0.1, 0.15) is 58.3 Å². The standard InChI is InChI=1S/C22H32N4O2/c1-4-6-7-12-20(27)25-15-13-24(14-16-25)17(3)21-23-19-11-9-8-10-18(19)22(28)26(21)5-2/h8-11,17H,4-7,12-16H2,1-3H3. The average molecular weight is 385 g/mol. The Morgan fingerprint density at radius 2 is 1.82 bits per heavy atom. The number of carbonyl (C=O) groups is 1. The van der Waals surface area contributed by atoms with Crippen LogP contribution in [-0.2, 0) is 11.3 Å². The van der Waals surface area contributed by atoms with E-state index in [0.717, 1.165) is 56.8 Å². The quantitative estimate of drug-likeness (QED) is 0.688. The van der Waals surface area contributed by atoms with Gasteiger partial charge >= 0.3 is 0 Å². The lowest BCUT2D eigenvalue weighted by molar-refractivity contribution is -0.133. The second kappa shape index (κ2) is 9.32. The summed E-state index contributed by atoms with van der Waals surface area (Å²) >= 11 is 0. The van der Waals surface area contributed by atoms with Gasteiger partial charge in [-0.2, -0.15) is 0 Å². The molecule has 2 aromatic rings. The minimum absolute atomic E-state index is 0.0275. The summed E-state index contributed by atoms with van der Waals surface area (Å²) in [4.78, 5) is 34.4. The highest BCUT2D eigenvalue weighted by atomic mass is 16.2. The van der Waals surface area contributed by atoms with Crippen LogP contribution in [0.2, 0.25) is 0 Å². The topological polar surface area (TPSA) is 58.4 Å². The predicted octanol–water partition coefficient (Wildman–Crippen LogP) is 3.20. The molecule has 6 heteroatoms. The number of benzene rings is 1. The molecule has 1 aromatic heterocycles. The van der Waals surface area contributed by atoms with Gasteiger partial charge in [-0.25, -0.2) is 4.98 Å². The molecular formula is C22H32N4O2. The number of fused-ring (bicyclic) bond motifs is 1. The van der Waals surface area contributed by atoms with Crippen LogP contribution in [0, 0.1) is 0 Å². The van der Waals surface area contributed by atoms with Gasteiger partial charge in [-0.05, 0) is 32.4 Å². The fourth-order valence-electron chi connectivity index (χ4n) is 4.02. The monoisotopic (exact) mass is 384 g/mol. The molecule has 1 atom stereocenters. The number of rotatable bonds is 7. The first-order chi connectivity index (χ1) is 13.6. The molecule has 0 N–H and O–H groups in total. The number of piperazine rings is 1. The zero-order chi connectivity index (χ0) is 20.1. The summed E-state index contributed by atoms with van der Waals surface area (Å²) in [5.74, 6) is 1.09. The highest BCUT2D eigenvalue weighted by Crippen LogP contribution is 2.21. The first-order valence-electron chi connectivity index (χ1n) is 10.6. The average Bonchev–Trinajstić information content (AvgIpc) is 2.73. The summed E-state index contributed by atoms with van der Waals surface area (Å²) in [5.41, 5.74) is 0.781. The SMILES string of the molecule is CCCCCC(=O)N1CCN(C(C)c2nc3ccccc3c(=O)n2CC)CC1. The minimum Gasteiger partial charge on any atom is -0.340 e. The van der Waals surface area contributed by atoms with Crippen molar-refractivity contribution in [2.24, 2.45) is 0 Å². The number of para-hydroxylation sites is 1. The van der Waals surface area contributed by atoms with Crippen LogP contribution in [-0.4, -0.2) is 51.4 Å². The number of aromatic nitrogens is 2. The van der Waals surface area contributed by atoms with Crippen molar-refractivity contribution in [1.82, 2.24) is 19.4 Å². The van der Waals surface area contributed by atoms with Crippen molar-refractivity contribution >= 4 is 16.8 Å². The van der Waals surface area contributed by atoms with Gasteiger partial charge in [-0.3, -0.25) is 19.1 Å². The molecule has 0 aliphatic carbocycles. The number of hydrogen-bond acceptors (Lipinski definition) is 4. The Morgan fingerprint density at radius 1 is 1.11 bits per heavy atom. The second-order valence-electron chi connectivity index (χ2n) is 7.59. The lowest BCUT2D eigenvalue weighted by Crippen LogP contribution is -2.50. The van der Waals surface area contributed by atoms with Gasteiger partial charge in [0.2, 0.25) is 5.91 Å². The zero-order valence-electron chi connectivity index (χ0n) is 17.4. The van der Waals surface area contributed by atoms with Gasteiger partial charge in [-0.1, -0.05) is 31.9 Å². The minimum atomic E-state index is 0.0275. The van der Waals surface area contributed by atoms with Crippen molar-refractivity contribution in [2.45, 2.75) is 59.0 Å². The Kier molecular flexibility index (Phi) is 6.83. The highest BCUT2D eigenvalue weighted by molar-refractivity contribution is 5.77. The Bertz CT molecular complexity index is 868. The number of carbonyl (C=O) groups excluding carboxylic acids is 1. The van der Waals surface area contributed by atoms with E-state index in [1.165, 1.54) is 0 Å². The number of hydrogen-bond donors (Lipinski definition) is 0. The molecule has 0 saturated carbocycles. The van der Waals surface area contributed by atoms with E-state index in [-0.39, 0.29) is 17.5 Å². The molecule has 2 heterocycles. The molecular weight excluding hydrogens is 352 g/mol. The van der Waals surface area contributed by atoms with Gasteiger partial charge in [0.1, 0.15) is 5.82 Å². The second-order valence-corrected chi connectivity index (χ2v) is 7.59. The van der Waals surface area contributed by atoms with Crippen LogP contribution in [0.4, 0.5) is 0 Å². The van der Waals surface area contributed by atoms with E-state index in [1.807, 2.05) is 36.1 Å². The molecule has 152 valence electrons. The molecule has 0 spiro atoms. The lowest BCUT2D eigenvalue weighted by atomic mass is 10.1. The maximum Gasteiger partial charge on any atom is 0.261 e. The van der Waals surface area contributed by atoms with Crippen molar-refractivity contribution < 1.29 is 4.79 Å². The fraction of sp³-hybridized carbons (Fsp3) is 0.591. The summed E-state index contributed by atoms with van der Waals surface area (Å²) < 4.78 is 1.79. The number of unbranched alkanes of at least 4 members (excludes halogenated alkanes) is 2. The first kappa shape index (κ1) is 20.5. The van der Waals surface area contributed by atoms with E-state index >= 15 is 0 Å². The van der Waals surface area contributed by atoms with Crippen molar-refractivity contribution in [3.63, 3.8) is 0 Å². The largest absolute Gasteiger partial charge is 0.340 e. The maximum atomic E-state index is 12.9. The van der Waals surface area contributed by atoms with Crippen molar-refractivity contribution in [1.29, 1.82) is 0 Å². The van der Waals surface area contributed by atoms with Gasteiger partial charge in [-0.15, -0.1) is 0 Å². The van der Waals surface area contributed by atoms with E-state index in [9.17, 15) is 9.59 Å². The van der Waals surface area contributed by atoms with Crippen LogP contribution in [0.5, 0.6) is 0 Å². The molecule has 1 fully saturated rings. The van der Waals surface area contributed by atoms with Crippen molar-refractivity contribution in [2.75, 3.05) is 26.2 Å². The predicted molar refractivity (Wildman–Crippen MR) is 112 cm³/mol. The van der Waals surface area contributed by atoms with Gasteiger partial charge in [0.25, 0.3) is 5.56 Å². The van der Waals surface area contributed by atoms with Gasteiger partial charge < -0.3 is 4.90 Å². The van der Waals surface area contributed by atoms with E-state index < -0.39 is 0 Å². The summed E-state index contributed by atoms with van der Waals surface area (Å²) in [6.07, 6.45) is 3.89. The van der Waals surface area contributed by atoms with Crippen LogP contribution in [0.25, 0.3) is 10.9 Å². The third-order valence-corrected chi connectivity index (χ3v) is 5.79. The molecule has 1 amide bonds. The zero-order valence-corrected chi connectivity index (χ0v) is 17.4. The van der Waals surface area contributed by atoms with Crippen LogP contribution < -0.4 is 5.56 Å². The molecule has 1 saturated heterocycles. The third-order valence-electron chi connectivity index (χ3n) is 5.79. The third kappa shape index (κ3) is 4.27. The first-order valence-corrected chi connectivity index (χ1v) is 10.6. The van der Waals surface area contributed by atoms with Gasteiger partial charge in [0.15, 0.2) is 0 Å². The molecule has 3 rings (SSSR count). The summed E-state index contributed by atoms with van der Waals surface area (Å²) in [6.45, 7) is 9.98. The van der Waals surface area contributed by atoms with E-state index in [2.05, 4.69) is 18.7 Å². The number of amides is 1. The summed E-state index contributed by atoms with van der Waals surface area (Å²) in [7, 11) is 0. The summed E-state index contributed by atoms with van der Waals surface area (Å²) in [5, 5.41) is 0.669. The fourth-order valence-corrected chi connectivity index (χ4v) is 4.02. The van der Waals surface area contributed by atoms with E-state index in [0.29, 0.717) is 18.4 Å². The number of nitrogens with zero attached hydrogens (tertiary/aromatic N) is 4. The van der Waals surface area contributed by atoms with E-state index in [1.54, 1.807) is 4.57 Å². The molecule has 28 heavy (non-hydrogen) atoms. The summed E-state index contributed by atoms with van der Waals surface area (Å²) in [6, 6.07) is 7.58. The van der Waals surface area contributed by atoms with Gasteiger partial charge in [0.05, 0.1) is 16.9 Å². The van der Waals surface area contributed by atoms with Gasteiger partial charge in [0, 0.05) is 39.1 Å². The Balaban J connectivity index is 1.72. The Hall–Kier alpha value is -2.21. The van der Waals surface area contributed by atoms with Crippen molar-refractivity contribution in [3.8, 4) is 0 Å². The molecule has 0 bridgehead atoms. The Labute approximate surface area is 167 Å². The van der Waals surface area contributed by atoms with E-state index in [4.69, 9.17) is 4.98 Å². The van der Waals surface area contributed by atoms with Crippen LogP contribution >= 0.6 is 0 Å². The molecule has 1 aromatic carbocycles. The maximum absolute atomic E-state index is 12.9. The molecule has 6 nitrogen and oxygen atoms in total. The molecule has 0 radical (unpaired) electrons. The lowest BCUT2D eigenvalue weighted by Gasteiger charge is -2.38. The Morgan fingerprint density at radius 3 is 2.50 bits per heavy atom. The molecule has 1 unspecified atom stereocenters. The molecule has 1 aliphatic rings. The molecule has 1 aliphatic heterocycles. The smallest absolute Gasteiger partial charge is 0.261 e. The highest BCUT2D eigenvalue weighted by Gasteiger charge is 2.27. The van der Waals surface area contributed by atoms with Crippen LogP contribution in [0.3, 0.4) is 0 Å².